The summed E-state index contributed by atoms with van der Waals surface area (Å²) in [4.78, 5) is 34.9. The van der Waals surface area contributed by atoms with Gasteiger partial charge in [0.05, 0.1) is 19.1 Å². The number of ether oxygens (including phenoxy) is 1. The van der Waals surface area contributed by atoms with E-state index in [0.29, 0.717) is 22.7 Å². The number of anilines is 1. The second kappa shape index (κ2) is 9.74. The van der Waals surface area contributed by atoms with E-state index in [0.717, 1.165) is 0 Å². The van der Waals surface area contributed by atoms with Crippen LogP contribution in [0.1, 0.15) is 12.6 Å². The van der Waals surface area contributed by atoms with Gasteiger partial charge in [0, 0.05) is 6.42 Å². The van der Waals surface area contributed by atoms with E-state index in [-0.39, 0.29) is 29.7 Å². The molecule has 13 nitrogen and oxygen atoms in total. The zero-order valence-corrected chi connectivity index (χ0v) is 17.6. The predicted octanol–water partition coefficient (Wildman–Crippen LogP) is -2.81. The molecule has 14 heteroatoms. The second-order valence-electron chi connectivity index (χ2n) is 7.23. The number of imidazole rings is 1. The summed E-state index contributed by atoms with van der Waals surface area (Å²) in [6.45, 7) is -0.289. The van der Waals surface area contributed by atoms with Crippen LogP contribution in [0.5, 0.6) is 0 Å². The Morgan fingerprint density at radius 3 is 2.74 bits per heavy atom. The molecular formula is C17H26N7O6S+. The topological polar surface area (TPSA) is 212 Å². The van der Waals surface area contributed by atoms with Crippen molar-refractivity contribution in [1.82, 2.24) is 24.8 Å². The quantitative estimate of drug-likeness (QED) is 0.212. The number of aliphatic hydroxyl groups excluding tert-OH is 2. The molecule has 8 N–H and O–H groups in total. The Kier molecular flexibility index (Phi) is 7.27. The lowest BCUT2D eigenvalue weighted by atomic mass is 10.1. The van der Waals surface area contributed by atoms with Crippen molar-refractivity contribution in [3.63, 3.8) is 0 Å². The molecule has 31 heavy (non-hydrogen) atoms. The first-order valence-corrected chi connectivity index (χ1v) is 11.5. The fraction of sp³-hybridized carbons (Fsp3) is 0.588. The molecule has 1 saturated heterocycles. The molecule has 2 aromatic heterocycles. The van der Waals surface area contributed by atoms with Crippen molar-refractivity contribution in [2.75, 3.05) is 30.0 Å². The molecule has 1 aliphatic rings. The lowest BCUT2D eigenvalue weighted by Crippen LogP contribution is -2.44. The average Bonchev–Trinajstić information content (AvgIpc) is 3.28. The molecule has 6 atom stereocenters. The van der Waals surface area contributed by atoms with Crippen LogP contribution in [0, 0.1) is 0 Å². The van der Waals surface area contributed by atoms with E-state index in [9.17, 15) is 24.9 Å². The van der Waals surface area contributed by atoms with Crippen LogP contribution >= 0.6 is 0 Å². The van der Waals surface area contributed by atoms with Gasteiger partial charge in [-0.2, -0.15) is 0 Å². The summed E-state index contributed by atoms with van der Waals surface area (Å²) >= 11 is 0. The fourth-order valence-corrected chi connectivity index (χ4v) is 4.99. The normalized spacial score (nSPS) is 25.4. The molecule has 1 aliphatic heterocycles. The van der Waals surface area contributed by atoms with Crippen molar-refractivity contribution in [3.05, 3.63) is 12.7 Å². The van der Waals surface area contributed by atoms with E-state index in [1.165, 1.54) is 17.2 Å². The van der Waals surface area contributed by atoms with Crippen LogP contribution in [0.4, 0.5) is 5.82 Å². The third kappa shape index (κ3) is 5.04. The number of nitrogens with two attached hydrogens (primary N) is 2. The van der Waals surface area contributed by atoms with Gasteiger partial charge < -0.3 is 36.8 Å². The Morgan fingerprint density at radius 2 is 2.06 bits per heavy atom. The van der Waals surface area contributed by atoms with E-state index < -0.39 is 42.5 Å². The summed E-state index contributed by atoms with van der Waals surface area (Å²) in [5, 5.41) is 32.6. The Hall–Kier alpha value is -2.52. The number of nitrogens with one attached hydrogen (secondary N) is 1. The van der Waals surface area contributed by atoms with Crippen LogP contribution in [-0.4, -0.2) is 95.4 Å². The molecule has 3 heterocycles. The lowest BCUT2D eigenvalue weighted by Gasteiger charge is -2.16. The number of aliphatic carboxylic acids is 1. The van der Waals surface area contributed by atoms with Crippen LogP contribution < -0.4 is 16.8 Å². The van der Waals surface area contributed by atoms with E-state index >= 15 is 0 Å². The number of carbonyl (C=O) groups is 2. The molecule has 0 aromatic carbocycles. The summed E-state index contributed by atoms with van der Waals surface area (Å²) in [5.74, 6) is -0.610. The van der Waals surface area contributed by atoms with E-state index in [1.807, 2.05) is 6.26 Å². The van der Waals surface area contributed by atoms with Gasteiger partial charge in [0.2, 0.25) is 5.91 Å². The van der Waals surface area contributed by atoms with Gasteiger partial charge in [0.15, 0.2) is 17.7 Å². The number of aromatic nitrogens is 4. The van der Waals surface area contributed by atoms with Crippen LogP contribution in [0.2, 0.25) is 0 Å². The zero-order chi connectivity index (χ0) is 22.7. The molecule has 1 fully saturated rings. The van der Waals surface area contributed by atoms with Crippen molar-refractivity contribution >= 4 is 39.8 Å². The minimum Gasteiger partial charge on any atom is -0.480 e. The fourth-order valence-electron chi connectivity index (χ4n) is 3.35. The molecule has 2 aromatic rings. The Labute approximate surface area is 180 Å². The Balaban J connectivity index is 1.62. The molecular weight excluding hydrogens is 430 g/mol. The van der Waals surface area contributed by atoms with Crippen molar-refractivity contribution in [3.8, 4) is 0 Å². The summed E-state index contributed by atoms with van der Waals surface area (Å²) in [7, 11) is -0.354. The monoisotopic (exact) mass is 456 g/mol. The summed E-state index contributed by atoms with van der Waals surface area (Å²) in [6, 6.07) is -1.04. The summed E-state index contributed by atoms with van der Waals surface area (Å²) in [6.07, 6.45) is 0.852. The number of rotatable bonds is 9. The number of fused-ring (bicyclic) bond motifs is 1. The van der Waals surface area contributed by atoms with Gasteiger partial charge >= 0.3 is 5.97 Å². The van der Waals surface area contributed by atoms with Gasteiger partial charge in [-0.3, -0.25) is 9.36 Å². The molecule has 0 spiro atoms. The molecule has 3 unspecified atom stereocenters. The summed E-state index contributed by atoms with van der Waals surface area (Å²) < 4.78 is 7.41. The highest BCUT2D eigenvalue weighted by molar-refractivity contribution is 7.96. The maximum atomic E-state index is 11.4. The van der Waals surface area contributed by atoms with Gasteiger partial charge in [-0.15, -0.1) is 0 Å². The van der Waals surface area contributed by atoms with Crippen LogP contribution in [0.3, 0.4) is 0 Å². The molecule has 1 amide bonds. The minimum absolute atomic E-state index is 0.193. The van der Waals surface area contributed by atoms with E-state index in [4.69, 9.17) is 16.2 Å². The van der Waals surface area contributed by atoms with Gasteiger partial charge in [0.1, 0.15) is 47.7 Å². The highest BCUT2D eigenvalue weighted by Gasteiger charge is 2.46. The van der Waals surface area contributed by atoms with Crippen molar-refractivity contribution in [2.24, 2.45) is 5.73 Å². The Bertz CT molecular complexity index is 943. The smallest absolute Gasteiger partial charge is 0.326 e. The first-order valence-electron chi connectivity index (χ1n) is 9.49. The van der Waals surface area contributed by atoms with Crippen molar-refractivity contribution in [1.29, 1.82) is 0 Å². The van der Waals surface area contributed by atoms with E-state index in [2.05, 4.69) is 20.3 Å². The van der Waals surface area contributed by atoms with Crippen LogP contribution in [0.25, 0.3) is 11.2 Å². The van der Waals surface area contributed by atoms with Crippen LogP contribution in [-0.2, 0) is 25.2 Å². The third-order valence-corrected chi connectivity index (χ3v) is 6.85. The number of amides is 1. The predicted molar refractivity (Wildman–Crippen MR) is 112 cm³/mol. The Morgan fingerprint density at radius 1 is 1.32 bits per heavy atom. The number of hydrogen-bond donors (Lipinski definition) is 6. The van der Waals surface area contributed by atoms with Crippen molar-refractivity contribution in [2.45, 2.75) is 37.0 Å². The minimum atomic E-state index is -1.22. The highest BCUT2D eigenvalue weighted by atomic mass is 32.2. The number of aliphatic hydroxyl groups is 2. The van der Waals surface area contributed by atoms with Gasteiger partial charge in [-0.05, 0) is 10.9 Å². The molecule has 3 rings (SSSR count). The molecule has 170 valence electrons. The number of nitrogen functional groups attached to an aromatic ring is 1. The average molecular weight is 457 g/mol. The molecule has 0 saturated carbocycles. The largest absolute Gasteiger partial charge is 0.480 e. The second-order valence-corrected chi connectivity index (χ2v) is 9.54. The SMILES string of the molecule is C[S+](CC[C@H](NC(=O)CN)C(=O)O)CC1OC(n2cnc3c(N)ncnc32)[C@H](O)[C@@H]1O. The zero-order valence-electron chi connectivity index (χ0n) is 16.8. The number of nitrogens with zero attached hydrogens (tertiary/aromatic N) is 4. The first kappa shape index (κ1) is 23.1. The number of carboxylic acids is 1. The number of carboxylic acid groups (broad SMARTS) is 1. The lowest BCUT2D eigenvalue weighted by molar-refractivity contribution is -0.141. The molecule has 0 aliphatic carbocycles. The number of carbonyl (C=O) groups excluding carboxylic acids is 1. The van der Waals surface area contributed by atoms with E-state index in [1.54, 1.807) is 0 Å². The maximum absolute atomic E-state index is 11.4. The summed E-state index contributed by atoms with van der Waals surface area (Å²) in [5.41, 5.74) is 11.7. The van der Waals surface area contributed by atoms with Gasteiger partial charge in [0.25, 0.3) is 0 Å². The molecule has 0 radical (unpaired) electrons. The van der Waals surface area contributed by atoms with Gasteiger partial charge in [-0.1, -0.05) is 0 Å². The maximum Gasteiger partial charge on any atom is 0.326 e. The van der Waals surface area contributed by atoms with Gasteiger partial charge in [-0.25, -0.2) is 19.7 Å². The third-order valence-electron chi connectivity index (χ3n) is 5.02. The van der Waals surface area contributed by atoms with Crippen molar-refractivity contribution < 1.29 is 29.6 Å². The first-order chi connectivity index (χ1) is 14.7. The standard InChI is InChI=1S/C17H25N7O6S/c1-31(3-2-8(17(28)29)23-10(25)4-18)5-9-12(26)13(27)16(30-9)24-7-22-11-14(19)20-6-21-15(11)24/h6-9,12-13,16,26-27H,2-5,18H2,1H3,(H3-,19,20,21,23,25,28,29)/p+1/t8-,9?,12+,13+,16?,31?/m0/s1. The van der Waals surface area contributed by atoms with Crippen LogP contribution in [0.15, 0.2) is 12.7 Å². The highest BCUT2D eigenvalue weighted by Crippen LogP contribution is 2.32. The molecule has 0 bridgehead atoms. The number of hydrogen-bond acceptors (Lipinski definition) is 10.